The Morgan fingerprint density at radius 2 is 1.73 bits per heavy atom. The second-order valence-corrected chi connectivity index (χ2v) is 6.54. The first kappa shape index (κ1) is 19.5. The molecular formula is C22H16F3N3O2. The van der Waals surface area contributed by atoms with Gasteiger partial charge in [-0.3, -0.25) is 9.89 Å². The lowest BCUT2D eigenvalue weighted by Gasteiger charge is -2.13. The molecule has 152 valence electrons. The zero-order valence-electron chi connectivity index (χ0n) is 15.5. The Morgan fingerprint density at radius 1 is 1.00 bits per heavy atom. The maximum absolute atomic E-state index is 13.1. The Bertz CT molecular complexity index is 1190. The van der Waals surface area contributed by atoms with Gasteiger partial charge in [0, 0.05) is 16.5 Å². The van der Waals surface area contributed by atoms with Crippen LogP contribution in [0.5, 0.6) is 5.75 Å². The highest BCUT2D eigenvalue weighted by Crippen LogP contribution is 2.33. The average Bonchev–Trinajstić information content (AvgIpc) is 3.14. The molecule has 4 rings (SSSR count). The Hall–Kier alpha value is -3.81. The number of aromatic nitrogens is 2. The van der Waals surface area contributed by atoms with Gasteiger partial charge in [-0.1, -0.05) is 36.4 Å². The normalized spacial score (nSPS) is 11.4. The van der Waals surface area contributed by atoms with E-state index < -0.39 is 11.7 Å². The number of hydrogen-bond donors (Lipinski definition) is 2. The molecule has 2 N–H and O–H groups in total. The molecular weight excluding hydrogens is 395 g/mol. The molecule has 0 unspecified atom stereocenters. The number of anilines is 1. The number of amides is 1. The number of nitrogens with one attached hydrogen (secondary N) is 2. The molecule has 0 atom stereocenters. The molecule has 5 nitrogen and oxygen atoms in total. The molecule has 30 heavy (non-hydrogen) atoms. The number of alkyl halides is 3. The van der Waals surface area contributed by atoms with E-state index in [1.54, 1.807) is 48.5 Å². The third kappa shape index (κ3) is 4.12. The van der Waals surface area contributed by atoms with Gasteiger partial charge < -0.3 is 10.1 Å². The van der Waals surface area contributed by atoms with Crippen molar-refractivity contribution in [1.29, 1.82) is 0 Å². The van der Waals surface area contributed by atoms with Crippen LogP contribution in [0.15, 0.2) is 72.8 Å². The highest BCUT2D eigenvalue weighted by Gasteiger charge is 2.33. The van der Waals surface area contributed by atoms with Gasteiger partial charge in [0.1, 0.15) is 12.4 Å². The molecule has 0 aliphatic heterocycles. The number of carbonyl (C=O) groups is 1. The van der Waals surface area contributed by atoms with Gasteiger partial charge in [-0.05, 0) is 36.4 Å². The van der Waals surface area contributed by atoms with Gasteiger partial charge in [0.25, 0.3) is 5.91 Å². The van der Waals surface area contributed by atoms with Gasteiger partial charge in [-0.2, -0.15) is 18.3 Å². The number of aromatic amines is 1. The van der Waals surface area contributed by atoms with Crippen molar-refractivity contribution < 1.29 is 22.7 Å². The van der Waals surface area contributed by atoms with Crippen LogP contribution in [0.3, 0.4) is 0 Å². The van der Waals surface area contributed by atoms with E-state index in [0.717, 1.165) is 6.07 Å². The van der Waals surface area contributed by atoms with E-state index in [1.165, 1.54) is 18.2 Å². The molecule has 0 aliphatic carbocycles. The smallest absolute Gasteiger partial charge is 0.416 e. The zero-order chi connectivity index (χ0) is 21.1. The molecule has 1 aromatic heterocycles. The van der Waals surface area contributed by atoms with Gasteiger partial charge >= 0.3 is 6.18 Å². The topological polar surface area (TPSA) is 67.0 Å². The quantitative estimate of drug-likeness (QED) is 0.461. The molecule has 3 aromatic carbocycles. The first-order valence-corrected chi connectivity index (χ1v) is 9.04. The van der Waals surface area contributed by atoms with Crippen molar-refractivity contribution in [3.8, 4) is 5.75 Å². The van der Waals surface area contributed by atoms with Crippen LogP contribution < -0.4 is 10.1 Å². The highest BCUT2D eigenvalue weighted by molar-refractivity contribution is 6.07. The first-order chi connectivity index (χ1) is 14.4. The predicted octanol–water partition coefficient (Wildman–Crippen LogP) is 5.41. The molecule has 0 saturated heterocycles. The third-order valence-corrected chi connectivity index (χ3v) is 4.52. The number of hydrogen-bond acceptors (Lipinski definition) is 3. The fourth-order valence-corrected chi connectivity index (χ4v) is 3.03. The van der Waals surface area contributed by atoms with Crippen LogP contribution in [0.1, 0.15) is 21.5 Å². The lowest BCUT2D eigenvalue weighted by Crippen LogP contribution is -2.12. The Kier molecular flexibility index (Phi) is 5.14. The monoisotopic (exact) mass is 411 g/mol. The number of nitrogens with zero attached hydrogens (tertiary/aromatic N) is 1. The van der Waals surface area contributed by atoms with Crippen molar-refractivity contribution in [2.45, 2.75) is 12.8 Å². The first-order valence-electron chi connectivity index (χ1n) is 9.04. The second kappa shape index (κ2) is 7.90. The molecule has 0 saturated carbocycles. The average molecular weight is 411 g/mol. The fraction of sp³-hybridized carbons (Fsp3) is 0.0909. The van der Waals surface area contributed by atoms with Gasteiger partial charge in [0.15, 0.2) is 5.82 Å². The number of ether oxygens (including phenoxy) is 1. The zero-order valence-corrected chi connectivity index (χ0v) is 15.5. The Labute approximate surface area is 169 Å². The second-order valence-electron chi connectivity index (χ2n) is 6.54. The van der Waals surface area contributed by atoms with Crippen molar-refractivity contribution in [3.63, 3.8) is 0 Å². The predicted molar refractivity (Wildman–Crippen MR) is 106 cm³/mol. The summed E-state index contributed by atoms with van der Waals surface area (Å²) in [4.78, 5) is 12.4. The summed E-state index contributed by atoms with van der Waals surface area (Å²) in [6.45, 7) is -0.245. The summed E-state index contributed by atoms with van der Waals surface area (Å²) in [6.07, 6.45) is -4.46. The molecule has 0 fully saturated rings. The Morgan fingerprint density at radius 3 is 2.50 bits per heavy atom. The molecule has 0 spiro atoms. The van der Waals surface area contributed by atoms with Gasteiger partial charge in [0.05, 0.1) is 11.1 Å². The molecule has 8 heteroatoms. The van der Waals surface area contributed by atoms with E-state index in [0.29, 0.717) is 28.0 Å². The minimum Gasteiger partial charge on any atom is -0.489 e. The number of rotatable bonds is 5. The molecule has 1 amide bonds. The van der Waals surface area contributed by atoms with E-state index in [2.05, 4.69) is 15.5 Å². The van der Waals surface area contributed by atoms with Crippen molar-refractivity contribution in [1.82, 2.24) is 10.2 Å². The van der Waals surface area contributed by atoms with Gasteiger partial charge in [-0.25, -0.2) is 0 Å². The van der Waals surface area contributed by atoms with Crippen LogP contribution in [0.4, 0.5) is 19.0 Å². The molecule has 0 bridgehead atoms. The van der Waals surface area contributed by atoms with Gasteiger partial charge in [-0.15, -0.1) is 0 Å². The summed E-state index contributed by atoms with van der Waals surface area (Å²) >= 11 is 0. The summed E-state index contributed by atoms with van der Waals surface area (Å²) in [7, 11) is 0. The van der Waals surface area contributed by atoms with Crippen molar-refractivity contribution in [2.75, 3.05) is 5.32 Å². The standard InChI is InChI=1S/C22H16F3N3O2/c23-22(24,25)18-9-5-4-8-15(18)13-30-16-10-11-19-17(12-16)20(28-27-19)26-21(29)14-6-2-1-3-7-14/h1-12H,13H2,(H2,26,27,28,29). The number of halogens is 3. The number of H-pyrrole nitrogens is 1. The lowest BCUT2D eigenvalue weighted by atomic mass is 10.1. The molecule has 0 radical (unpaired) electrons. The summed E-state index contributed by atoms with van der Waals surface area (Å²) in [5.74, 6) is 0.338. The van der Waals surface area contributed by atoms with Crippen LogP contribution >= 0.6 is 0 Å². The molecule has 4 aromatic rings. The number of benzene rings is 3. The third-order valence-electron chi connectivity index (χ3n) is 4.52. The van der Waals surface area contributed by atoms with E-state index in [9.17, 15) is 18.0 Å². The SMILES string of the molecule is O=C(Nc1n[nH]c2ccc(OCc3ccccc3C(F)(F)F)cc12)c1ccccc1. The fourth-order valence-electron chi connectivity index (χ4n) is 3.03. The van der Waals surface area contributed by atoms with Crippen LogP contribution in [0, 0.1) is 0 Å². The van der Waals surface area contributed by atoms with Crippen molar-refractivity contribution >= 4 is 22.6 Å². The summed E-state index contributed by atoms with van der Waals surface area (Å²) in [5, 5.41) is 10.2. The van der Waals surface area contributed by atoms with Gasteiger partial charge in [0.2, 0.25) is 0 Å². The van der Waals surface area contributed by atoms with Crippen molar-refractivity contribution in [3.05, 3.63) is 89.5 Å². The van der Waals surface area contributed by atoms with Crippen LogP contribution in [-0.4, -0.2) is 16.1 Å². The Balaban J connectivity index is 1.54. The largest absolute Gasteiger partial charge is 0.489 e. The lowest BCUT2D eigenvalue weighted by molar-refractivity contribution is -0.138. The minimum absolute atomic E-state index is 0.0369. The van der Waals surface area contributed by atoms with E-state index in [-0.39, 0.29) is 18.1 Å². The van der Waals surface area contributed by atoms with Crippen LogP contribution in [-0.2, 0) is 12.8 Å². The summed E-state index contributed by atoms with van der Waals surface area (Å²) in [6, 6.07) is 18.9. The minimum atomic E-state index is -4.46. The maximum Gasteiger partial charge on any atom is 0.416 e. The summed E-state index contributed by atoms with van der Waals surface area (Å²) in [5.41, 5.74) is 0.436. The molecule has 0 aliphatic rings. The highest BCUT2D eigenvalue weighted by atomic mass is 19.4. The van der Waals surface area contributed by atoms with E-state index in [4.69, 9.17) is 4.74 Å². The summed E-state index contributed by atoms with van der Waals surface area (Å²) < 4.78 is 45.0. The number of carbonyl (C=O) groups excluding carboxylic acids is 1. The molecule has 1 heterocycles. The van der Waals surface area contributed by atoms with E-state index >= 15 is 0 Å². The van der Waals surface area contributed by atoms with Crippen LogP contribution in [0.2, 0.25) is 0 Å². The van der Waals surface area contributed by atoms with Crippen molar-refractivity contribution in [2.24, 2.45) is 0 Å². The van der Waals surface area contributed by atoms with Crippen LogP contribution in [0.25, 0.3) is 10.9 Å². The maximum atomic E-state index is 13.1. The van der Waals surface area contributed by atoms with E-state index in [1.807, 2.05) is 0 Å². The number of fused-ring (bicyclic) bond motifs is 1.